The van der Waals surface area contributed by atoms with Gasteiger partial charge < -0.3 is 16.0 Å². The highest BCUT2D eigenvalue weighted by atomic mass is 35.5. The Hall–Kier alpha value is -1.56. The lowest BCUT2D eigenvalue weighted by atomic mass is 10.0. The summed E-state index contributed by atoms with van der Waals surface area (Å²) < 4.78 is 0. The molecule has 6 heteroatoms. The number of nitrogens with one attached hydrogen (secondary N) is 1. The summed E-state index contributed by atoms with van der Waals surface area (Å²) in [5.74, 6) is 0.605. The lowest BCUT2D eigenvalue weighted by molar-refractivity contribution is 0.435. The van der Waals surface area contributed by atoms with E-state index in [0.29, 0.717) is 11.9 Å². The molecular formula is C18H23ClN4S. The number of fused-ring (bicyclic) bond motifs is 1. The molecule has 0 unspecified atom stereocenters. The van der Waals surface area contributed by atoms with Crippen molar-refractivity contribution in [3.05, 3.63) is 46.2 Å². The number of hydrogen-bond acceptors (Lipinski definition) is 4. The summed E-state index contributed by atoms with van der Waals surface area (Å²) in [7, 11) is 0. The van der Waals surface area contributed by atoms with Crippen molar-refractivity contribution >= 4 is 41.0 Å². The highest BCUT2D eigenvalue weighted by Crippen LogP contribution is 2.34. The van der Waals surface area contributed by atoms with Crippen LogP contribution in [0.25, 0.3) is 0 Å². The molecule has 0 bridgehead atoms. The average molecular weight is 363 g/mol. The molecule has 128 valence electrons. The fourth-order valence-corrected chi connectivity index (χ4v) is 4.23. The first kappa shape index (κ1) is 17.3. The van der Waals surface area contributed by atoms with Gasteiger partial charge in [-0.2, -0.15) is 0 Å². The number of aliphatic imine (C=N–C) groups is 1. The van der Waals surface area contributed by atoms with Gasteiger partial charge in [0.2, 0.25) is 0 Å². The van der Waals surface area contributed by atoms with Crippen molar-refractivity contribution in [2.24, 2.45) is 10.7 Å². The van der Waals surface area contributed by atoms with E-state index in [2.05, 4.69) is 33.4 Å². The van der Waals surface area contributed by atoms with E-state index in [4.69, 9.17) is 5.73 Å². The molecular weight excluding hydrogens is 340 g/mol. The standard InChI is InChI=1S/C18H22N4S.ClH/c19-18(17-2-1-11-23-17)21-14-3-4-16-13(12-14)7-10-22(16)15-5-8-20-9-6-15;/h1-4,11-12,15,20H,5-10H2,(H2,19,21);1H. The van der Waals surface area contributed by atoms with Crippen LogP contribution in [0.1, 0.15) is 23.3 Å². The van der Waals surface area contributed by atoms with Crippen LogP contribution in [0.2, 0.25) is 0 Å². The minimum atomic E-state index is 0. The Morgan fingerprint density at radius 3 is 2.83 bits per heavy atom. The fraction of sp³-hybridized carbons (Fsp3) is 0.389. The number of rotatable bonds is 3. The van der Waals surface area contributed by atoms with Crippen LogP contribution in [-0.2, 0) is 6.42 Å². The average Bonchev–Trinajstić information content (AvgIpc) is 3.25. The van der Waals surface area contributed by atoms with Crippen LogP contribution in [0, 0.1) is 0 Å². The maximum atomic E-state index is 6.10. The van der Waals surface area contributed by atoms with Gasteiger partial charge in [0.25, 0.3) is 0 Å². The van der Waals surface area contributed by atoms with E-state index >= 15 is 0 Å². The van der Waals surface area contributed by atoms with Crippen molar-refractivity contribution in [1.29, 1.82) is 0 Å². The second kappa shape index (κ2) is 7.55. The van der Waals surface area contributed by atoms with Gasteiger partial charge in [0, 0.05) is 18.3 Å². The summed E-state index contributed by atoms with van der Waals surface area (Å²) in [5, 5.41) is 5.47. The first-order valence-electron chi connectivity index (χ1n) is 8.29. The Balaban J connectivity index is 0.00000169. The minimum absolute atomic E-state index is 0. The van der Waals surface area contributed by atoms with Crippen molar-refractivity contribution in [1.82, 2.24) is 5.32 Å². The first-order valence-corrected chi connectivity index (χ1v) is 9.17. The van der Waals surface area contributed by atoms with Crippen molar-refractivity contribution in [2.45, 2.75) is 25.3 Å². The Morgan fingerprint density at radius 2 is 2.08 bits per heavy atom. The predicted molar refractivity (Wildman–Crippen MR) is 105 cm³/mol. The molecule has 0 saturated carbocycles. The molecule has 3 heterocycles. The summed E-state index contributed by atoms with van der Waals surface area (Å²) in [6.07, 6.45) is 3.59. The molecule has 2 aromatic rings. The van der Waals surface area contributed by atoms with E-state index < -0.39 is 0 Å². The molecule has 0 aliphatic carbocycles. The molecule has 0 spiro atoms. The fourth-order valence-electron chi connectivity index (χ4n) is 3.60. The van der Waals surface area contributed by atoms with Crippen molar-refractivity contribution < 1.29 is 0 Å². The molecule has 1 aromatic carbocycles. The summed E-state index contributed by atoms with van der Waals surface area (Å²) in [4.78, 5) is 8.21. The number of amidine groups is 1. The van der Waals surface area contributed by atoms with Crippen LogP contribution in [-0.4, -0.2) is 31.5 Å². The molecule has 2 aliphatic rings. The summed E-state index contributed by atoms with van der Waals surface area (Å²) in [6.45, 7) is 3.40. The van der Waals surface area contributed by atoms with Gasteiger partial charge in [0.05, 0.1) is 10.6 Å². The maximum Gasteiger partial charge on any atom is 0.141 e. The molecule has 4 rings (SSSR count). The van der Waals surface area contributed by atoms with Gasteiger partial charge in [0.1, 0.15) is 5.84 Å². The topological polar surface area (TPSA) is 53.6 Å². The van der Waals surface area contributed by atoms with E-state index in [1.54, 1.807) is 11.3 Å². The molecule has 0 atom stereocenters. The quantitative estimate of drug-likeness (QED) is 0.650. The van der Waals surface area contributed by atoms with Gasteiger partial charge in [-0.05, 0) is 67.6 Å². The van der Waals surface area contributed by atoms with Crippen LogP contribution in [0.15, 0.2) is 40.7 Å². The first-order chi connectivity index (χ1) is 11.3. The third-order valence-electron chi connectivity index (χ3n) is 4.77. The number of benzene rings is 1. The largest absolute Gasteiger partial charge is 0.383 e. The molecule has 2 aliphatic heterocycles. The minimum Gasteiger partial charge on any atom is -0.383 e. The van der Waals surface area contributed by atoms with Crippen LogP contribution < -0.4 is 16.0 Å². The van der Waals surface area contributed by atoms with Gasteiger partial charge in [-0.1, -0.05) is 6.07 Å². The number of anilines is 1. The molecule has 0 radical (unpaired) electrons. The lowest BCUT2D eigenvalue weighted by Crippen LogP contribution is -2.42. The third kappa shape index (κ3) is 3.43. The third-order valence-corrected chi connectivity index (χ3v) is 5.66. The van der Waals surface area contributed by atoms with E-state index in [9.17, 15) is 0 Å². The summed E-state index contributed by atoms with van der Waals surface area (Å²) in [5.41, 5.74) is 9.86. The van der Waals surface area contributed by atoms with Crippen molar-refractivity contribution in [3.63, 3.8) is 0 Å². The number of halogens is 1. The number of piperidine rings is 1. The molecule has 1 fully saturated rings. The predicted octanol–water partition coefficient (Wildman–Crippen LogP) is 3.32. The zero-order valence-electron chi connectivity index (χ0n) is 13.6. The second-order valence-electron chi connectivity index (χ2n) is 6.21. The van der Waals surface area contributed by atoms with Crippen LogP contribution >= 0.6 is 23.7 Å². The molecule has 1 saturated heterocycles. The van der Waals surface area contributed by atoms with E-state index in [0.717, 1.165) is 36.6 Å². The Morgan fingerprint density at radius 1 is 1.25 bits per heavy atom. The van der Waals surface area contributed by atoms with Crippen LogP contribution in [0.5, 0.6) is 0 Å². The number of thiophene rings is 1. The van der Waals surface area contributed by atoms with Gasteiger partial charge in [-0.25, -0.2) is 4.99 Å². The summed E-state index contributed by atoms with van der Waals surface area (Å²) >= 11 is 1.62. The van der Waals surface area contributed by atoms with E-state index in [-0.39, 0.29) is 12.4 Å². The smallest absolute Gasteiger partial charge is 0.141 e. The lowest BCUT2D eigenvalue weighted by Gasteiger charge is -2.33. The highest BCUT2D eigenvalue weighted by Gasteiger charge is 2.27. The Kier molecular flexibility index (Phi) is 5.43. The normalized spacial score (nSPS) is 18.3. The molecule has 0 amide bonds. The molecule has 3 N–H and O–H groups in total. The maximum absolute atomic E-state index is 6.10. The number of hydrogen-bond donors (Lipinski definition) is 2. The van der Waals surface area contributed by atoms with Crippen molar-refractivity contribution in [2.75, 3.05) is 24.5 Å². The number of nitrogens with two attached hydrogens (primary N) is 1. The van der Waals surface area contributed by atoms with Crippen LogP contribution in [0.3, 0.4) is 0 Å². The van der Waals surface area contributed by atoms with Crippen molar-refractivity contribution in [3.8, 4) is 0 Å². The monoisotopic (exact) mass is 362 g/mol. The van der Waals surface area contributed by atoms with E-state index in [1.807, 2.05) is 17.5 Å². The highest BCUT2D eigenvalue weighted by molar-refractivity contribution is 7.12. The van der Waals surface area contributed by atoms with Gasteiger partial charge in [0.15, 0.2) is 0 Å². The number of nitrogens with zero attached hydrogens (tertiary/aromatic N) is 2. The van der Waals surface area contributed by atoms with Crippen LogP contribution in [0.4, 0.5) is 11.4 Å². The van der Waals surface area contributed by atoms with Gasteiger partial charge in [-0.3, -0.25) is 0 Å². The van der Waals surface area contributed by atoms with Gasteiger partial charge in [-0.15, -0.1) is 23.7 Å². The molecule has 24 heavy (non-hydrogen) atoms. The van der Waals surface area contributed by atoms with Gasteiger partial charge >= 0.3 is 0 Å². The SMILES string of the molecule is Cl.NC(=Nc1ccc2c(c1)CCN2C1CCNCC1)c1cccs1. The summed E-state index contributed by atoms with van der Waals surface area (Å²) in [6, 6.07) is 11.2. The second-order valence-corrected chi connectivity index (χ2v) is 7.16. The van der Waals surface area contributed by atoms with E-state index in [1.165, 1.54) is 24.1 Å². The molecule has 1 aromatic heterocycles. The zero-order valence-corrected chi connectivity index (χ0v) is 15.2. The Labute approximate surface area is 153 Å². The zero-order chi connectivity index (χ0) is 15.6. The molecule has 4 nitrogen and oxygen atoms in total. The Bertz CT molecular complexity index is 708.